The van der Waals surface area contributed by atoms with E-state index < -0.39 is 0 Å². The van der Waals surface area contributed by atoms with Crippen molar-refractivity contribution in [2.24, 2.45) is 7.05 Å². The lowest BCUT2D eigenvalue weighted by Crippen LogP contribution is -2.55. The molecule has 18 heavy (non-hydrogen) atoms. The van der Waals surface area contributed by atoms with E-state index >= 15 is 0 Å². The zero-order chi connectivity index (χ0) is 13.3. The lowest BCUT2D eigenvalue weighted by atomic mass is 10.1. The van der Waals surface area contributed by atoms with Crippen molar-refractivity contribution in [3.8, 4) is 0 Å². The average molecular weight is 249 g/mol. The fourth-order valence-corrected chi connectivity index (χ4v) is 2.36. The number of hydrogen-bond acceptors (Lipinski definition) is 3. The topological polar surface area (TPSA) is 54.3 Å². The first-order valence-electron chi connectivity index (χ1n) is 6.19. The monoisotopic (exact) mass is 249 g/mol. The number of rotatable bonds is 1. The van der Waals surface area contributed by atoms with E-state index in [1.807, 2.05) is 0 Å². The van der Waals surface area contributed by atoms with Gasteiger partial charge in [0.2, 0.25) is 0 Å². The Hall–Kier alpha value is -1.62. The maximum Gasteiger partial charge on any atom is 0.254 e. The molecule has 0 unspecified atom stereocenters. The summed E-state index contributed by atoms with van der Waals surface area (Å²) in [6, 6.07) is 3.66. The Morgan fingerprint density at radius 1 is 1.33 bits per heavy atom. The number of pyridine rings is 1. The second-order valence-corrected chi connectivity index (χ2v) is 5.04. The van der Waals surface area contributed by atoms with E-state index in [1.165, 1.54) is 10.6 Å². The number of hydrogen-bond donors (Lipinski definition) is 1. The molecule has 1 aliphatic heterocycles. The van der Waals surface area contributed by atoms with Crippen molar-refractivity contribution in [3.05, 3.63) is 34.2 Å². The number of aryl methyl sites for hydroxylation is 1. The standard InChI is InChI=1S/C13H19N3O2/c1-9-7-16(8-10(2)14-9)13(18)11-4-5-15(3)12(17)6-11/h4-6,9-10,14H,7-8H2,1-3H3/t9-,10+. The highest BCUT2D eigenvalue weighted by molar-refractivity contribution is 5.94. The van der Waals surface area contributed by atoms with Crippen LogP contribution in [-0.2, 0) is 7.05 Å². The summed E-state index contributed by atoms with van der Waals surface area (Å²) >= 11 is 0. The summed E-state index contributed by atoms with van der Waals surface area (Å²) in [6.45, 7) is 5.47. The van der Waals surface area contributed by atoms with E-state index in [4.69, 9.17) is 0 Å². The summed E-state index contributed by atoms with van der Waals surface area (Å²) in [7, 11) is 1.67. The van der Waals surface area contributed by atoms with E-state index in [1.54, 1.807) is 24.2 Å². The molecule has 5 nitrogen and oxygen atoms in total. The molecule has 1 N–H and O–H groups in total. The van der Waals surface area contributed by atoms with E-state index in [2.05, 4.69) is 19.2 Å². The van der Waals surface area contributed by atoms with Gasteiger partial charge in [-0.2, -0.15) is 0 Å². The number of aromatic nitrogens is 1. The summed E-state index contributed by atoms with van der Waals surface area (Å²) in [5.74, 6) is -0.0621. The summed E-state index contributed by atoms with van der Waals surface area (Å²) in [5, 5.41) is 3.38. The van der Waals surface area contributed by atoms with Gasteiger partial charge < -0.3 is 14.8 Å². The van der Waals surface area contributed by atoms with Crippen LogP contribution in [0.2, 0.25) is 0 Å². The number of carbonyl (C=O) groups excluding carboxylic acids is 1. The number of nitrogens with zero attached hydrogens (tertiary/aromatic N) is 2. The van der Waals surface area contributed by atoms with Crippen molar-refractivity contribution in [3.63, 3.8) is 0 Å². The lowest BCUT2D eigenvalue weighted by Gasteiger charge is -2.36. The third-order valence-corrected chi connectivity index (χ3v) is 3.20. The Bertz CT molecular complexity index is 499. The van der Waals surface area contributed by atoms with Gasteiger partial charge in [0.15, 0.2) is 0 Å². The van der Waals surface area contributed by atoms with E-state index in [0.717, 1.165) is 0 Å². The molecule has 0 aromatic carbocycles. The van der Waals surface area contributed by atoms with Gasteiger partial charge in [0.05, 0.1) is 0 Å². The number of nitrogens with one attached hydrogen (secondary N) is 1. The summed E-state index contributed by atoms with van der Waals surface area (Å²) in [6.07, 6.45) is 1.63. The zero-order valence-corrected chi connectivity index (χ0v) is 11.0. The molecule has 1 saturated heterocycles. The molecule has 98 valence electrons. The smallest absolute Gasteiger partial charge is 0.254 e. The molecule has 1 fully saturated rings. The van der Waals surface area contributed by atoms with Crippen LogP contribution in [0.1, 0.15) is 24.2 Å². The maximum absolute atomic E-state index is 12.3. The molecule has 0 saturated carbocycles. The Morgan fingerprint density at radius 3 is 2.50 bits per heavy atom. The minimum Gasteiger partial charge on any atom is -0.336 e. The largest absolute Gasteiger partial charge is 0.336 e. The number of piperazine rings is 1. The minimum atomic E-state index is -0.155. The molecule has 0 radical (unpaired) electrons. The highest BCUT2D eigenvalue weighted by atomic mass is 16.2. The second kappa shape index (κ2) is 4.94. The van der Waals surface area contributed by atoms with Gasteiger partial charge in [-0.15, -0.1) is 0 Å². The summed E-state index contributed by atoms with van der Waals surface area (Å²) in [4.78, 5) is 25.6. The SMILES string of the molecule is C[C@@H]1CN(C(=O)c2ccn(C)c(=O)c2)C[C@H](C)N1. The molecule has 1 amide bonds. The Morgan fingerprint density at radius 2 is 1.94 bits per heavy atom. The quantitative estimate of drug-likeness (QED) is 0.774. The zero-order valence-electron chi connectivity index (χ0n) is 11.0. The molecular formula is C13H19N3O2. The minimum absolute atomic E-state index is 0.0621. The molecule has 5 heteroatoms. The van der Waals surface area contributed by atoms with Gasteiger partial charge in [0.25, 0.3) is 11.5 Å². The van der Waals surface area contributed by atoms with Crippen LogP contribution in [0.15, 0.2) is 23.1 Å². The van der Waals surface area contributed by atoms with Crippen molar-refractivity contribution >= 4 is 5.91 Å². The Balaban J connectivity index is 2.20. The molecule has 1 aromatic rings. The first-order chi connectivity index (χ1) is 8.47. The van der Waals surface area contributed by atoms with Gasteiger partial charge in [0.1, 0.15) is 0 Å². The predicted octanol–water partition coefficient (Wildman–Crippen LogP) is 0.208. The van der Waals surface area contributed by atoms with Crippen LogP contribution in [0.5, 0.6) is 0 Å². The van der Waals surface area contributed by atoms with Gasteiger partial charge in [-0.1, -0.05) is 0 Å². The van der Waals surface area contributed by atoms with Gasteiger partial charge in [0, 0.05) is 50.0 Å². The third kappa shape index (κ3) is 2.61. The van der Waals surface area contributed by atoms with Crippen LogP contribution < -0.4 is 10.9 Å². The van der Waals surface area contributed by atoms with Gasteiger partial charge in [-0.25, -0.2) is 0 Å². The lowest BCUT2D eigenvalue weighted by molar-refractivity contribution is 0.0673. The molecular weight excluding hydrogens is 230 g/mol. The molecule has 2 heterocycles. The average Bonchev–Trinajstić information content (AvgIpc) is 2.30. The molecule has 1 aliphatic rings. The number of amides is 1. The maximum atomic E-state index is 12.3. The molecule has 0 bridgehead atoms. The molecule has 0 aliphatic carbocycles. The summed E-state index contributed by atoms with van der Waals surface area (Å²) < 4.78 is 1.46. The highest BCUT2D eigenvalue weighted by Gasteiger charge is 2.25. The van der Waals surface area contributed by atoms with Crippen LogP contribution in [0, 0.1) is 0 Å². The Labute approximate surface area is 106 Å². The van der Waals surface area contributed by atoms with E-state index in [-0.39, 0.29) is 23.6 Å². The van der Waals surface area contributed by atoms with Crippen LogP contribution >= 0.6 is 0 Å². The van der Waals surface area contributed by atoms with Gasteiger partial charge in [-0.3, -0.25) is 9.59 Å². The molecule has 2 atom stereocenters. The van der Waals surface area contributed by atoms with Crippen LogP contribution in [0.3, 0.4) is 0 Å². The van der Waals surface area contributed by atoms with Gasteiger partial charge in [-0.05, 0) is 19.9 Å². The van der Waals surface area contributed by atoms with Crippen molar-refractivity contribution in [1.82, 2.24) is 14.8 Å². The normalized spacial score (nSPS) is 24.1. The van der Waals surface area contributed by atoms with Crippen molar-refractivity contribution in [2.45, 2.75) is 25.9 Å². The van der Waals surface area contributed by atoms with E-state index in [0.29, 0.717) is 18.7 Å². The fourth-order valence-electron chi connectivity index (χ4n) is 2.36. The second-order valence-electron chi connectivity index (χ2n) is 5.04. The van der Waals surface area contributed by atoms with Crippen LogP contribution in [-0.4, -0.2) is 40.5 Å². The molecule has 1 aromatic heterocycles. The molecule has 2 rings (SSSR count). The first kappa shape index (κ1) is 12.8. The van der Waals surface area contributed by atoms with Crippen molar-refractivity contribution < 1.29 is 4.79 Å². The number of carbonyl (C=O) groups is 1. The van der Waals surface area contributed by atoms with Gasteiger partial charge >= 0.3 is 0 Å². The first-order valence-corrected chi connectivity index (χ1v) is 6.19. The van der Waals surface area contributed by atoms with Crippen LogP contribution in [0.25, 0.3) is 0 Å². The van der Waals surface area contributed by atoms with E-state index in [9.17, 15) is 9.59 Å². The summed E-state index contributed by atoms with van der Waals surface area (Å²) in [5.41, 5.74) is 0.316. The van der Waals surface area contributed by atoms with Crippen LogP contribution in [0.4, 0.5) is 0 Å². The molecule has 0 spiro atoms. The Kier molecular flexibility index (Phi) is 3.52. The predicted molar refractivity (Wildman–Crippen MR) is 69.6 cm³/mol. The fraction of sp³-hybridized carbons (Fsp3) is 0.538. The van der Waals surface area contributed by atoms with Crippen molar-refractivity contribution in [2.75, 3.05) is 13.1 Å². The van der Waals surface area contributed by atoms with Crippen molar-refractivity contribution in [1.29, 1.82) is 0 Å². The third-order valence-electron chi connectivity index (χ3n) is 3.20. The highest BCUT2D eigenvalue weighted by Crippen LogP contribution is 2.09.